The summed E-state index contributed by atoms with van der Waals surface area (Å²) in [6.07, 6.45) is 7.95. The minimum absolute atomic E-state index is 0.0965. The van der Waals surface area contributed by atoms with Gasteiger partial charge in [0.1, 0.15) is 11.4 Å². The number of amides is 2. The van der Waals surface area contributed by atoms with E-state index < -0.39 is 5.60 Å². The molecule has 1 aromatic carbocycles. The van der Waals surface area contributed by atoms with Gasteiger partial charge in [0.05, 0.1) is 17.8 Å². The van der Waals surface area contributed by atoms with Gasteiger partial charge < -0.3 is 15.0 Å². The molecule has 4 heterocycles. The molecular weight excluding hydrogens is 406 g/mol. The first kappa shape index (κ1) is 20.5. The Balaban J connectivity index is 1.28. The number of benzene rings is 1. The molecule has 2 aromatic heterocycles. The normalized spacial score (nSPS) is 16.5. The molecule has 1 saturated heterocycles. The van der Waals surface area contributed by atoms with Crippen LogP contribution in [0.15, 0.2) is 36.8 Å². The van der Waals surface area contributed by atoms with Crippen LogP contribution in [0.4, 0.5) is 10.6 Å². The minimum Gasteiger partial charge on any atom is -0.444 e. The van der Waals surface area contributed by atoms with Crippen molar-refractivity contribution in [3.8, 4) is 0 Å². The Labute approximate surface area is 186 Å². The number of likely N-dealkylation sites (tertiary alicyclic amines) is 1. The van der Waals surface area contributed by atoms with Crippen molar-refractivity contribution in [1.82, 2.24) is 19.7 Å². The van der Waals surface area contributed by atoms with Gasteiger partial charge in [-0.1, -0.05) is 12.1 Å². The Morgan fingerprint density at radius 2 is 2.00 bits per heavy atom. The van der Waals surface area contributed by atoms with E-state index >= 15 is 0 Å². The molecule has 2 amide bonds. The van der Waals surface area contributed by atoms with Gasteiger partial charge in [-0.25, -0.2) is 9.78 Å². The lowest BCUT2D eigenvalue weighted by Crippen LogP contribution is -2.42. The van der Waals surface area contributed by atoms with Crippen LogP contribution in [0, 0.1) is 0 Å². The Kier molecular flexibility index (Phi) is 4.87. The number of pyridine rings is 1. The Morgan fingerprint density at radius 1 is 1.22 bits per heavy atom. The molecule has 3 aromatic rings. The summed E-state index contributed by atoms with van der Waals surface area (Å²) < 4.78 is 7.50. The number of nitrogens with zero attached hydrogens (tertiary/aromatic N) is 4. The fraction of sp³-hybridized carbons (Fsp3) is 0.417. The molecule has 0 saturated carbocycles. The third-order valence-corrected chi connectivity index (χ3v) is 6.01. The number of piperidine rings is 1. The first-order chi connectivity index (χ1) is 15.3. The van der Waals surface area contributed by atoms with E-state index in [-0.39, 0.29) is 18.0 Å². The number of carbonyl (C=O) groups is 2. The van der Waals surface area contributed by atoms with E-state index in [1.54, 1.807) is 4.90 Å². The molecule has 0 unspecified atom stereocenters. The molecule has 0 spiro atoms. The highest BCUT2D eigenvalue weighted by molar-refractivity contribution is 6.23. The molecule has 0 bridgehead atoms. The van der Waals surface area contributed by atoms with Gasteiger partial charge >= 0.3 is 6.09 Å². The Hall–Kier alpha value is -3.42. The van der Waals surface area contributed by atoms with Crippen LogP contribution in [0.25, 0.3) is 10.8 Å². The van der Waals surface area contributed by atoms with Crippen molar-refractivity contribution in [2.75, 3.05) is 18.4 Å². The van der Waals surface area contributed by atoms with Gasteiger partial charge in [-0.15, -0.1) is 0 Å². The van der Waals surface area contributed by atoms with Crippen LogP contribution in [0.1, 0.15) is 61.1 Å². The molecule has 8 heteroatoms. The second-order valence-electron chi connectivity index (χ2n) is 9.52. The molecule has 8 nitrogen and oxygen atoms in total. The second-order valence-corrected chi connectivity index (χ2v) is 9.52. The smallest absolute Gasteiger partial charge is 0.410 e. The number of ether oxygens (including phenoxy) is 1. The van der Waals surface area contributed by atoms with Crippen molar-refractivity contribution in [3.63, 3.8) is 0 Å². The van der Waals surface area contributed by atoms with Crippen LogP contribution >= 0.6 is 0 Å². The lowest BCUT2D eigenvalue weighted by atomic mass is 10.00. The fourth-order valence-corrected chi connectivity index (χ4v) is 4.48. The average Bonchev–Trinajstić information content (AvgIpc) is 3.35. The zero-order chi connectivity index (χ0) is 22.5. The molecule has 2 aliphatic rings. The van der Waals surface area contributed by atoms with Crippen LogP contribution < -0.4 is 5.32 Å². The molecule has 5 rings (SSSR count). The average molecular weight is 434 g/mol. The topological polar surface area (TPSA) is 89.4 Å². The first-order valence-corrected chi connectivity index (χ1v) is 11.0. The third-order valence-electron chi connectivity index (χ3n) is 6.01. The van der Waals surface area contributed by atoms with Crippen LogP contribution in [-0.4, -0.2) is 50.4 Å². The van der Waals surface area contributed by atoms with Gasteiger partial charge in [0.25, 0.3) is 5.91 Å². The van der Waals surface area contributed by atoms with Gasteiger partial charge in [-0.2, -0.15) is 5.10 Å². The highest BCUT2D eigenvalue weighted by Gasteiger charge is 2.28. The van der Waals surface area contributed by atoms with Crippen molar-refractivity contribution in [3.05, 3.63) is 53.5 Å². The highest BCUT2D eigenvalue weighted by Crippen LogP contribution is 2.34. The van der Waals surface area contributed by atoms with E-state index in [2.05, 4.69) is 21.6 Å². The third kappa shape index (κ3) is 3.81. The highest BCUT2D eigenvalue weighted by atomic mass is 16.6. The van der Waals surface area contributed by atoms with Crippen LogP contribution in [0.3, 0.4) is 0 Å². The zero-order valence-electron chi connectivity index (χ0n) is 18.6. The van der Waals surface area contributed by atoms with Crippen molar-refractivity contribution in [2.24, 2.45) is 0 Å². The molecule has 1 N–H and O–H groups in total. The molecule has 0 radical (unpaired) electrons. The van der Waals surface area contributed by atoms with Crippen molar-refractivity contribution >= 4 is 28.6 Å². The largest absolute Gasteiger partial charge is 0.444 e. The lowest BCUT2D eigenvalue weighted by molar-refractivity contribution is 0.0184. The molecule has 2 aliphatic heterocycles. The van der Waals surface area contributed by atoms with Crippen LogP contribution in [-0.2, 0) is 11.2 Å². The van der Waals surface area contributed by atoms with E-state index in [1.807, 2.05) is 56.0 Å². The van der Waals surface area contributed by atoms with E-state index in [9.17, 15) is 9.59 Å². The number of hydrogen-bond donors (Lipinski definition) is 1. The van der Waals surface area contributed by atoms with Crippen molar-refractivity contribution in [1.29, 1.82) is 0 Å². The molecule has 1 fully saturated rings. The van der Waals surface area contributed by atoms with Gasteiger partial charge in [0.15, 0.2) is 0 Å². The number of rotatable bonds is 3. The predicted molar refractivity (Wildman–Crippen MR) is 121 cm³/mol. The van der Waals surface area contributed by atoms with Crippen molar-refractivity contribution in [2.45, 2.75) is 51.7 Å². The van der Waals surface area contributed by atoms with E-state index in [1.165, 1.54) is 0 Å². The maximum atomic E-state index is 12.3. The molecule has 0 aliphatic carbocycles. The number of nitrogens with one attached hydrogen (secondary N) is 1. The van der Waals surface area contributed by atoms with Gasteiger partial charge in [-0.3, -0.25) is 9.48 Å². The van der Waals surface area contributed by atoms with Crippen LogP contribution in [0.5, 0.6) is 0 Å². The van der Waals surface area contributed by atoms with Crippen molar-refractivity contribution < 1.29 is 14.3 Å². The van der Waals surface area contributed by atoms with Gasteiger partial charge in [0.2, 0.25) is 0 Å². The maximum absolute atomic E-state index is 12.3. The molecule has 32 heavy (non-hydrogen) atoms. The van der Waals surface area contributed by atoms with E-state index in [0.717, 1.165) is 34.7 Å². The standard InChI is InChI=1S/C24H27N5O3/c1-24(2,3)32-23(31)28-9-7-17(8-10-28)29-14-15(12-26-29)11-16-13-25-21-20-18(16)5-4-6-19(20)22(30)27-21/h4-6,12-14,17H,7-11H2,1-3H3,(H,25,27,30). The summed E-state index contributed by atoms with van der Waals surface area (Å²) >= 11 is 0. The minimum atomic E-state index is -0.481. The fourth-order valence-electron chi connectivity index (χ4n) is 4.48. The molecular formula is C24H27N5O3. The quantitative estimate of drug-likeness (QED) is 0.670. The summed E-state index contributed by atoms with van der Waals surface area (Å²) in [5.74, 6) is 0.539. The number of carbonyl (C=O) groups excluding carboxylic acids is 2. The number of aromatic nitrogens is 3. The Bertz CT molecular complexity index is 1200. The summed E-state index contributed by atoms with van der Waals surface area (Å²) in [5, 5.41) is 9.38. The lowest BCUT2D eigenvalue weighted by Gasteiger charge is -2.33. The van der Waals surface area contributed by atoms with Gasteiger partial charge in [-0.05, 0) is 56.2 Å². The second kappa shape index (κ2) is 7.62. The summed E-state index contributed by atoms with van der Waals surface area (Å²) in [5.41, 5.74) is 2.37. The van der Waals surface area contributed by atoms with E-state index in [0.29, 0.717) is 30.9 Å². The summed E-state index contributed by atoms with van der Waals surface area (Å²) in [4.78, 5) is 30.7. The molecule has 166 valence electrons. The number of hydrogen-bond acceptors (Lipinski definition) is 5. The van der Waals surface area contributed by atoms with E-state index in [4.69, 9.17) is 4.74 Å². The maximum Gasteiger partial charge on any atom is 0.410 e. The zero-order valence-corrected chi connectivity index (χ0v) is 18.6. The van der Waals surface area contributed by atoms with Crippen LogP contribution in [0.2, 0.25) is 0 Å². The SMILES string of the molecule is CC(C)(C)OC(=O)N1CCC(n2cc(Cc3cnc4c5c(cccc35)C(=O)N4)cn2)CC1. The summed E-state index contributed by atoms with van der Waals surface area (Å²) in [6.45, 7) is 6.97. The monoisotopic (exact) mass is 433 g/mol. The Morgan fingerprint density at radius 3 is 2.75 bits per heavy atom. The first-order valence-electron chi connectivity index (χ1n) is 11.0. The number of anilines is 1. The molecule has 0 atom stereocenters. The van der Waals surface area contributed by atoms with Gasteiger partial charge in [0, 0.05) is 37.3 Å². The predicted octanol–water partition coefficient (Wildman–Crippen LogP) is 4.16. The summed E-state index contributed by atoms with van der Waals surface area (Å²) in [6, 6.07) is 6.05. The summed E-state index contributed by atoms with van der Waals surface area (Å²) in [7, 11) is 0.